The Balaban J connectivity index is 1.60. The van der Waals surface area contributed by atoms with Crippen molar-refractivity contribution in [3.8, 4) is 0 Å². The minimum absolute atomic E-state index is 0.129. The van der Waals surface area contributed by atoms with Gasteiger partial charge in [-0.2, -0.15) is 0 Å². The van der Waals surface area contributed by atoms with Crippen molar-refractivity contribution >= 4 is 17.5 Å². The number of hydrogen-bond acceptors (Lipinski definition) is 3. The van der Waals surface area contributed by atoms with Crippen LogP contribution in [-0.2, 0) is 6.42 Å². The molecule has 27 heavy (non-hydrogen) atoms. The number of nitrogens with one attached hydrogen (secondary N) is 2. The van der Waals surface area contributed by atoms with Crippen molar-refractivity contribution in [3.05, 3.63) is 95.6 Å². The van der Waals surface area contributed by atoms with Crippen LogP contribution in [0.2, 0.25) is 0 Å². The van der Waals surface area contributed by atoms with Crippen LogP contribution in [0.4, 0.5) is 10.1 Å². The molecule has 0 unspecified atom stereocenters. The van der Waals surface area contributed by atoms with Crippen LogP contribution >= 0.6 is 0 Å². The van der Waals surface area contributed by atoms with Gasteiger partial charge in [0.15, 0.2) is 0 Å². The number of amides is 2. The Bertz CT molecular complexity index is 945. The van der Waals surface area contributed by atoms with Gasteiger partial charge in [0, 0.05) is 12.2 Å². The second kappa shape index (κ2) is 8.71. The number of nitrogens with zero attached hydrogens (tertiary/aromatic N) is 1. The van der Waals surface area contributed by atoms with Crippen molar-refractivity contribution < 1.29 is 14.0 Å². The van der Waals surface area contributed by atoms with E-state index in [9.17, 15) is 14.0 Å². The summed E-state index contributed by atoms with van der Waals surface area (Å²) in [5.41, 5.74) is 1.44. The molecule has 0 saturated carbocycles. The fourth-order valence-corrected chi connectivity index (χ4v) is 2.51. The molecular weight excluding hydrogens is 345 g/mol. The Hall–Kier alpha value is -3.54. The summed E-state index contributed by atoms with van der Waals surface area (Å²) >= 11 is 0. The maximum atomic E-state index is 13.6. The first kappa shape index (κ1) is 18.3. The molecule has 1 heterocycles. The van der Waals surface area contributed by atoms with Crippen LogP contribution in [-0.4, -0.2) is 23.3 Å². The van der Waals surface area contributed by atoms with E-state index in [-0.39, 0.29) is 23.7 Å². The molecule has 0 aliphatic rings. The van der Waals surface area contributed by atoms with Crippen LogP contribution in [0.15, 0.2) is 72.8 Å². The molecule has 136 valence electrons. The zero-order chi connectivity index (χ0) is 19.1. The molecule has 0 radical (unpaired) electrons. The van der Waals surface area contributed by atoms with Gasteiger partial charge in [0.05, 0.1) is 0 Å². The van der Waals surface area contributed by atoms with E-state index < -0.39 is 11.8 Å². The maximum Gasteiger partial charge on any atom is 0.274 e. The highest BCUT2D eigenvalue weighted by molar-refractivity contribution is 6.03. The lowest BCUT2D eigenvalue weighted by Crippen LogP contribution is -2.27. The minimum atomic E-state index is -0.416. The van der Waals surface area contributed by atoms with E-state index in [1.165, 1.54) is 18.2 Å². The fourth-order valence-electron chi connectivity index (χ4n) is 2.51. The molecule has 2 aromatic carbocycles. The minimum Gasteiger partial charge on any atom is -0.350 e. The van der Waals surface area contributed by atoms with Crippen molar-refractivity contribution in [2.45, 2.75) is 6.42 Å². The first-order chi connectivity index (χ1) is 13.1. The molecule has 6 heteroatoms. The number of aromatic nitrogens is 1. The van der Waals surface area contributed by atoms with Gasteiger partial charge in [-0.25, -0.2) is 9.37 Å². The first-order valence-electron chi connectivity index (χ1n) is 8.48. The molecule has 0 bridgehead atoms. The van der Waals surface area contributed by atoms with E-state index in [1.54, 1.807) is 36.4 Å². The summed E-state index contributed by atoms with van der Waals surface area (Å²) < 4.78 is 13.6. The number of para-hydroxylation sites is 1. The molecule has 0 fully saturated rings. The van der Waals surface area contributed by atoms with Gasteiger partial charge < -0.3 is 10.6 Å². The molecule has 0 aliphatic carbocycles. The lowest BCUT2D eigenvalue weighted by atomic mass is 10.1. The SMILES string of the molecule is O=C(NCCc1ccccc1F)c1cccc(C(=O)Nc2ccccc2)n1. The standard InChI is InChI=1S/C21H18FN3O2/c22-17-10-5-4-7-15(17)13-14-23-20(26)18-11-6-12-19(25-18)21(27)24-16-8-2-1-3-9-16/h1-12H,13-14H2,(H,23,26)(H,24,27). The molecule has 5 nitrogen and oxygen atoms in total. The van der Waals surface area contributed by atoms with Crippen molar-refractivity contribution in [1.29, 1.82) is 0 Å². The Labute approximate surface area is 156 Å². The van der Waals surface area contributed by atoms with Gasteiger partial charge in [-0.1, -0.05) is 42.5 Å². The van der Waals surface area contributed by atoms with Crippen molar-refractivity contribution in [2.24, 2.45) is 0 Å². The predicted molar refractivity (Wildman–Crippen MR) is 101 cm³/mol. The van der Waals surface area contributed by atoms with E-state index in [4.69, 9.17) is 0 Å². The molecule has 0 aliphatic heterocycles. The zero-order valence-corrected chi connectivity index (χ0v) is 14.5. The van der Waals surface area contributed by atoms with Crippen molar-refractivity contribution in [2.75, 3.05) is 11.9 Å². The lowest BCUT2D eigenvalue weighted by molar-refractivity contribution is 0.0949. The Morgan fingerprint density at radius 1 is 0.815 bits per heavy atom. The Kier molecular flexibility index (Phi) is 5.89. The van der Waals surface area contributed by atoms with Gasteiger partial charge in [0.2, 0.25) is 0 Å². The number of anilines is 1. The zero-order valence-electron chi connectivity index (χ0n) is 14.5. The lowest BCUT2D eigenvalue weighted by Gasteiger charge is -2.08. The number of halogens is 1. The highest BCUT2D eigenvalue weighted by Gasteiger charge is 2.12. The summed E-state index contributed by atoms with van der Waals surface area (Å²) in [7, 11) is 0. The van der Waals surface area contributed by atoms with Gasteiger partial charge in [0.25, 0.3) is 11.8 Å². The molecule has 3 rings (SSSR count). The van der Waals surface area contributed by atoms with E-state index in [0.29, 0.717) is 17.7 Å². The topological polar surface area (TPSA) is 71.1 Å². The number of carbonyl (C=O) groups is 2. The Morgan fingerprint density at radius 3 is 2.22 bits per heavy atom. The highest BCUT2D eigenvalue weighted by atomic mass is 19.1. The summed E-state index contributed by atoms with van der Waals surface area (Å²) in [4.78, 5) is 28.6. The van der Waals surface area contributed by atoms with Crippen LogP contribution in [0.1, 0.15) is 26.5 Å². The average Bonchev–Trinajstić information content (AvgIpc) is 2.70. The van der Waals surface area contributed by atoms with E-state index in [2.05, 4.69) is 15.6 Å². The number of hydrogen-bond donors (Lipinski definition) is 2. The second-order valence-electron chi connectivity index (χ2n) is 5.83. The number of pyridine rings is 1. The van der Waals surface area contributed by atoms with Crippen molar-refractivity contribution in [3.63, 3.8) is 0 Å². The van der Waals surface area contributed by atoms with Gasteiger partial charge in [-0.3, -0.25) is 9.59 Å². The van der Waals surface area contributed by atoms with E-state index >= 15 is 0 Å². The summed E-state index contributed by atoms with van der Waals surface area (Å²) in [6, 6.07) is 20.1. The third-order valence-electron chi connectivity index (χ3n) is 3.88. The first-order valence-corrected chi connectivity index (χ1v) is 8.48. The van der Waals surface area contributed by atoms with Gasteiger partial charge in [-0.15, -0.1) is 0 Å². The van der Waals surface area contributed by atoms with Crippen LogP contribution < -0.4 is 10.6 Å². The quantitative estimate of drug-likeness (QED) is 0.705. The van der Waals surface area contributed by atoms with Crippen LogP contribution in [0.3, 0.4) is 0 Å². The summed E-state index contributed by atoms with van der Waals surface area (Å²) in [5.74, 6) is -1.12. The van der Waals surface area contributed by atoms with Gasteiger partial charge in [0.1, 0.15) is 17.2 Å². The largest absolute Gasteiger partial charge is 0.350 e. The van der Waals surface area contributed by atoms with E-state index in [0.717, 1.165) is 0 Å². The van der Waals surface area contributed by atoms with E-state index in [1.807, 2.05) is 18.2 Å². The normalized spacial score (nSPS) is 10.3. The van der Waals surface area contributed by atoms with Gasteiger partial charge in [-0.05, 0) is 42.3 Å². The van der Waals surface area contributed by atoms with Crippen LogP contribution in [0, 0.1) is 5.82 Å². The maximum absolute atomic E-state index is 13.6. The van der Waals surface area contributed by atoms with Crippen LogP contribution in [0.25, 0.3) is 0 Å². The molecule has 0 saturated heterocycles. The average molecular weight is 363 g/mol. The smallest absolute Gasteiger partial charge is 0.274 e. The van der Waals surface area contributed by atoms with Crippen LogP contribution in [0.5, 0.6) is 0 Å². The highest BCUT2D eigenvalue weighted by Crippen LogP contribution is 2.09. The van der Waals surface area contributed by atoms with Crippen molar-refractivity contribution in [1.82, 2.24) is 10.3 Å². The number of benzene rings is 2. The molecular formula is C21H18FN3O2. The van der Waals surface area contributed by atoms with Gasteiger partial charge >= 0.3 is 0 Å². The number of carbonyl (C=O) groups excluding carboxylic acids is 2. The molecule has 0 spiro atoms. The predicted octanol–water partition coefficient (Wildman–Crippen LogP) is 3.45. The fraction of sp³-hybridized carbons (Fsp3) is 0.0952. The second-order valence-corrected chi connectivity index (χ2v) is 5.83. The molecule has 0 atom stereocenters. The Morgan fingerprint density at radius 2 is 1.48 bits per heavy atom. The molecule has 2 amide bonds. The third kappa shape index (κ3) is 4.98. The molecule has 3 aromatic rings. The molecule has 1 aromatic heterocycles. The summed E-state index contributed by atoms with van der Waals surface area (Å²) in [6.07, 6.45) is 0.368. The monoisotopic (exact) mass is 363 g/mol. The number of rotatable bonds is 6. The third-order valence-corrected chi connectivity index (χ3v) is 3.88. The summed E-state index contributed by atoms with van der Waals surface area (Å²) in [6.45, 7) is 0.266. The summed E-state index contributed by atoms with van der Waals surface area (Å²) in [5, 5.41) is 5.41. The molecule has 2 N–H and O–H groups in total.